The summed E-state index contributed by atoms with van der Waals surface area (Å²) in [6.45, 7) is 3.20. The average Bonchev–Trinajstić information content (AvgIpc) is 2.85. The van der Waals surface area contributed by atoms with Crippen LogP contribution in [0.5, 0.6) is 0 Å². The molecule has 1 aromatic heterocycles. The quantitative estimate of drug-likeness (QED) is 0.845. The summed E-state index contributed by atoms with van der Waals surface area (Å²) in [6, 6.07) is 9.73. The van der Waals surface area contributed by atoms with Crippen LogP contribution in [0.3, 0.4) is 0 Å². The fourth-order valence-corrected chi connectivity index (χ4v) is 1.72. The van der Waals surface area contributed by atoms with E-state index in [1.807, 2.05) is 48.1 Å². The van der Waals surface area contributed by atoms with Crippen LogP contribution in [-0.2, 0) is 17.8 Å². The summed E-state index contributed by atoms with van der Waals surface area (Å²) in [4.78, 5) is 11.8. The Morgan fingerprint density at radius 3 is 2.78 bits per heavy atom. The third-order valence-corrected chi connectivity index (χ3v) is 2.68. The molecule has 1 N–H and O–H groups in total. The van der Waals surface area contributed by atoms with Crippen LogP contribution in [-0.4, -0.2) is 22.1 Å². The van der Waals surface area contributed by atoms with Crippen molar-refractivity contribution >= 4 is 11.5 Å². The Hall–Kier alpha value is -2.10. The van der Waals surface area contributed by atoms with Crippen LogP contribution < -0.4 is 5.32 Å². The molecule has 18 heavy (non-hydrogen) atoms. The van der Waals surface area contributed by atoms with E-state index in [0.717, 1.165) is 17.8 Å². The number of carbonyl (C=O) groups is 1. The lowest BCUT2D eigenvalue weighted by atomic mass is 10.2. The van der Waals surface area contributed by atoms with E-state index >= 15 is 0 Å². The van der Waals surface area contributed by atoms with Gasteiger partial charge in [0.1, 0.15) is 0 Å². The highest BCUT2D eigenvalue weighted by molar-refractivity contribution is 5.84. The smallest absolute Gasteiger partial charge is 0.156 e. The van der Waals surface area contributed by atoms with Gasteiger partial charge in [0, 0.05) is 24.8 Å². The molecule has 4 nitrogen and oxygen atoms in total. The molecule has 0 fully saturated rings. The highest BCUT2D eigenvalue weighted by Crippen LogP contribution is 2.05. The molecule has 0 atom stereocenters. The number of hydrogen-bond donors (Lipinski definition) is 1. The third kappa shape index (κ3) is 3.45. The second-order valence-corrected chi connectivity index (χ2v) is 4.14. The molecule has 0 aliphatic carbocycles. The Kier molecular flexibility index (Phi) is 4.12. The molecule has 4 heteroatoms. The molecular weight excluding hydrogens is 226 g/mol. The number of aromatic nitrogens is 2. The van der Waals surface area contributed by atoms with Gasteiger partial charge in [-0.15, -0.1) is 0 Å². The standard InChI is InChI=1S/C14H17N3O/c1-2-17-11-12(9-16-17)8-14(18)10-15-13-6-4-3-5-7-13/h3-7,9,11,15H,2,8,10H2,1H3. The van der Waals surface area contributed by atoms with Gasteiger partial charge in [-0.1, -0.05) is 18.2 Å². The highest BCUT2D eigenvalue weighted by atomic mass is 16.1. The van der Waals surface area contributed by atoms with Crippen molar-refractivity contribution in [3.05, 3.63) is 48.3 Å². The first-order valence-electron chi connectivity index (χ1n) is 6.10. The zero-order valence-electron chi connectivity index (χ0n) is 10.5. The first kappa shape index (κ1) is 12.4. The van der Waals surface area contributed by atoms with E-state index in [9.17, 15) is 4.79 Å². The van der Waals surface area contributed by atoms with Crippen LogP contribution in [0.15, 0.2) is 42.7 Å². The number of hydrogen-bond acceptors (Lipinski definition) is 3. The van der Waals surface area contributed by atoms with Crippen molar-refractivity contribution in [2.75, 3.05) is 11.9 Å². The molecule has 0 bridgehead atoms. The van der Waals surface area contributed by atoms with Gasteiger partial charge in [-0.25, -0.2) is 0 Å². The molecule has 94 valence electrons. The lowest BCUT2D eigenvalue weighted by Crippen LogP contribution is -2.15. The number of rotatable bonds is 6. The maximum Gasteiger partial charge on any atom is 0.156 e. The molecule has 0 amide bonds. The predicted octanol–water partition coefficient (Wildman–Crippen LogP) is 2.13. The zero-order chi connectivity index (χ0) is 12.8. The Morgan fingerprint density at radius 1 is 1.33 bits per heavy atom. The summed E-state index contributed by atoms with van der Waals surface area (Å²) in [5.74, 6) is 0.162. The van der Waals surface area contributed by atoms with Gasteiger partial charge in [0.25, 0.3) is 0 Å². The molecule has 1 aromatic carbocycles. The summed E-state index contributed by atoms with van der Waals surface area (Å²) in [5, 5.41) is 7.26. The van der Waals surface area contributed by atoms with Gasteiger partial charge in [-0.3, -0.25) is 9.48 Å². The van der Waals surface area contributed by atoms with Crippen molar-refractivity contribution in [1.82, 2.24) is 9.78 Å². The minimum Gasteiger partial charge on any atom is -0.378 e. The predicted molar refractivity (Wildman–Crippen MR) is 71.5 cm³/mol. The number of carbonyl (C=O) groups excluding carboxylic acids is 1. The number of anilines is 1. The average molecular weight is 243 g/mol. The van der Waals surface area contributed by atoms with Gasteiger partial charge in [-0.05, 0) is 24.6 Å². The van der Waals surface area contributed by atoms with Crippen molar-refractivity contribution in [3.63, 3.8) is 0 Å². The largest absolute Gasteiger partial charge is 0.378 e. The lowest BCUT2D eigenvalue weighted by molar-refractivity contribution is -0.116. The first-order chi connectivity index (χ1) is 8.78. The normalized spacial score (nSPS) is 10.3. The topological polar surface area (TPSA) is 46.9 Å². The lowest BCUT2D eigenvalue weighted by Gasteiger charge is -2.04. The molecule has 2 rings (SSSR count). The van der Waals surface area contributed by atoms with E-state index in [1.165, 1.54) is 0 Å². The number of nitrogens with zero attached hydrogens (tertiary/aromatic N) is 2. The van der Waals surface area contributed by atoms with Crippen molar-refractivity contribution in [2.24, 2.45) is 0 Å². The maximum atomic E-state index is 11.8. The zero-order valence-corrected chi connectivity index (χ0v) is 10.5. The van der Waals surface area contributed by atoms with Crippen LogP contribution >= 0.6 is 0 Å². The SMILES string of the molecule is CCn1cc(CC(=O)CNc2ccccc2)cn1. The van der Waals surface area contributed by atoms with Crippen LogP contribution in [0.25, 0.3) is 0 Å². The Morgan fingerprint density at radius 2 is 2.11 bits per heavy atom. The fraction of sp³-hybridized carbons (Fsp3) is 0.286. The third-order valence-electron chi connectivity index (χ3n) is 2.68. The number of aryl methyl sites for hydroxylation is 1. The van der Waals surface area contributed by atoms with Crippen LogP contribution in [0.4, 0.5) is 5.69 Å². The maximum absolute atomic E-state index is 11.8. The monoisotopic (exact) mass is 243 g/mol. The number of Topliss-reactive ketones (excluding diaryl/α,β-unsaturated/α-hetero) is 1. The van der Waals surface area contributed by atoms with Gasteiger partial charge in [0.05, 0.1) is 12.7 Å². The second-order valence-electron chi connectivity index (χ2n) is 4.14. The van der Waals surface area contributed by atoms with Gasteiger partial charge >= 0.3 is 0 Å². The molecule has 0 saturated carbocycles. The molecule has 0 aliphatic rings. The first-order valence-corrected chi connectivity index (χ1v) is 6.10. The van der Waals surface area contributed by atoms with E-state index in [2.05, 4.69) is 10.4 Å². The number of benzene rings is 1. The molecule has 0 radical (unpaired) electrons. The number of para-hydroxylation sites is 1. The van der Waals surface area contributed by atoms with Crippen molar-refractivity contribution in [3.8, 4) is 0 Å². The Bertz CT molecular complexity index is 505. The van der Waals surface area contributed by atoms with Crippen molar-refractivity contribution in [2.45, 2.75) is 19.9 Å². The molecule has 0 spiro atoms. The van der Waals surface area contributed by atoms with E-state index in [0.29, 0.717) is 13.0 Å². The van der Waals surface area contributed by atoms with Crippen molar-refractivity contribution in [1.29, 1.82) is 0 Å². The number of nitrogens with one attached hydrogen (secondary N) is 1. The summed E-state index contributed by atoms with van der Waals surface area (Å²) in [5.41, 5.74) is 1.94. The molecule has 1 heterocycles. The number of ketones is 1. The van der Waals surface area contributed by atoms with Crippen molar-refractivity contribution < 1.29 is 4.79 Å². The van der Waals surface area contributed by atoms with Gasteiger partial charge in [-0.2, -0.15) is 5.10 Å². The summed E-state index contributed by atoms with van der Waals surface area (Å²) in [7, 11) is 0. The highest BCUT2D eigenvalue weighted by Gasteiger charge is 2.05. The second kappa shape index (κ2) is 6.00. The van der Waals surface area contributed by atoms with Crippen LogP contribution in [0, 0.1) is 0 Å². The molecule has 0 saturated heterocycles. The van der Waals surface area contributed by atoms with Gasteiger partial charge in [0.15, 0.2) is 5.78 Å². The minimum absolute atomic E-state index is 0.162. The van der Waals surface area contributed by atoms with E-state index < -0.39 is 0 Å². The van der Waals surface area contributed by atoms with E-state index in [4.69, 9.17) is 0 Å². The minimum atomic E-state index is 0.162. The van der Waals surface area contributed by atoms with E-state index in [-0.39, 0.29) is 5.78 Å². The van der Waals surface area contributed by atoms with Gasteiger partial charge < -0.3 is 5.32 Å². The van der Waals surface area contributed by atoms with Gasteiger partial charge in [0.2, 0.25) is 0 Å². The van der Waals surface area contributed by atoms with Crippen LogP contribution in [0.2, 0.25) is 0 Å². The molecule has 0 aliphatic heterocycles. The summed E-state index contributed by atoms with van der Waals surface area (Å²) < 4.78 is 1.83. The Labute approximate surface area is 107 Å². The van der Waals surface area contributed by atoms with E-state index in [1.54, 1.807) is 6.20 Å². The molecule has 0 unspecified atom stereocenters. The molecule has 2 aromatic rings. The fourth-order valence-electron chi connectivity index (χ4n) is 1.72. The summed E-state index contributed by atoms with van der Waals surface area (Å²) >= 11 is 0. The van der Waals surface area contributed by atoms with Crippen LogP contribution in [0.1, 0.15) is 12.5 Å². The Balaban J connectivity index is 1.82. The molecular formula is C14H17N3O. The summed E-state index contributed by atoms with van der Waals surface area (Å²) in [6.07, 6.45) is 4.10.